The average Bonchev–Trinajstić information content (AvgIpc) is 2.35. The van der Waals surface area contributed by atoms with Gasteiger partial charge in [0.1, 0.15) is 0 Å². The van der Waals surface area contributed by atoms with Crippen molar-refractivity contribution < 1.29 is 23.8 Å². The number of carboxylic acids is 1. The predicted molar refractivity (Wildman–Crippen MR) is 66.2 cm³/mol. The molecule has 1 aromatic carbocycles. The quantitative estimate of drug-likeness (QED) is 0.821. The number of aliphatic carboxylic acids is 1. The van der Waals surface area contributed by atoms with Crippen molar-refractivity contribution in [3.63, 3.8) is 0 Å². The maximum Gasteiger partial charge on any atom is 0.304 e. The third kappa shape index (κ3) is 4.57. The predicted octanol–water partition coefficient (Wildman–Crippen LogP) is 1.56. The molecule has 0 heterocycles. The number of carbonyl (C=O) groups excluding carboxylic acids is 1. The molecule has 0 saturated carbocycles. The van der Waals surface area contributed by atoms with Gasteiger partial charge in [-0.15, -0.1) is 0 Å². The minimum Gasteiger partial charge on any atom is -0.494 e. The largest absolute Gasteiger partial charge is 0.494 e. The summed E-state index contributed by atoms with van der Waals surface area (Å²) < 4.78 is 18.2. The van der Waals surface area contributed by atoms with Gasteiger partial charge in [0, 0.05) is 12.5 Å². The number of hydrogen-bond donors (Lipinski definition) is 2. The van der Waals surface area contributed by atoms with Crippen molar-refractivity contribution in [2.75, 3.05) is 7.11 Å². The molecule has 0 spiro atoms. The maximum atomic E-state index is 13.4. The van der Waals surface area contributed by atoms with E-state index in [-0.39, 0.29) is 24.6 Å². The second-order valence-electron chi connectivity index (χ2n) is 4.19. The van der Waals surface area contributed by atoms with Crippen LogP contribution in [0.3, 0.4) is 0 Å². The normalized spacial score (nSPS) is 11.7. The molecule has 0 saturated heterocycles. The molecule has 5 nitrogen and oxygen atoms in total. The first kappa shape index (κ1) is 14.9. The molecule has 1 unspecified atom stereocenters. The fourth-order valence-electron chi connectivity index (χ4n) is 1.54. The number of ether oxygens (including phenoxy) is 1. The van der Waals surface area contributed by atoms with Crippen LogP contribution in [0.5, 0.6) is 5.75 Å². The molecule has 6 heteroatoms. The smallest absolute Gasteiger partial charge is 0.304 e. The van der Waals surface area contributed by atoms with Crippen LogP contribution in [-0.4, -0.2) is 24.1 Å². The number of amides is 1. The van der Waals surface area contributed by atoms with Gasteiger partial charge >= 0.3 is 5.97 Å². The van der Waals surface area contributed by atoms with Gasteiger partial charge in [-0.25, -0.2) is 4.39 Å². The molecular formula is C13H16FNO4. The Labute approximate surface area is 110 Å². The molecule has 1 atom stereocenters. The number of benzene rings is 1. The first-order valence-electron chi connectivity index (χ1n) is 5.76. The average molecular weight is 269 g/mol. The van der Waals surface area contributed by atoms with E-state index in [1.54, 1.807) is 6.07 Å². The number of carbonyl (C=O) groups is 2. The highest BCUT2D eigenvalue weighted by molar-refractivity contribution is 5.82. The Bertz CT molecular complexity index is 476. The molecule has 2 N–H and O–H groups in total. The maximum absolute atomic E-state index is 13.4. The zero-order valence-corrected chi connectivity index (χ0v) is 10.8. The molecule has 0 aliphatic rings. The Hall–Kier alpha value is -2.11. The summed E-state index contributed by atoms with van der Waals surface area (Å²) in [7, 11) is 1.37. The molecule has 1 aromatic rings. The van der Waals surface area contributed by atoms with Crippen molar-refractivity contribution in [3.05, 3.63) is 29.6 Å². The molecular weight excluding hydrogens is 253 g/mol. The summed E-state index contributed by atoms with van der Waals surface area (Å²) in [6.45, 7) is 1.67. The summed E-state index contributed by atoms with van der Waals surface area (Å²) in [5, 5.41) is 11.1. The van der Waals surface area contributed by atoms with E-state index in [0.717, 1.165) is 0 Å². The summed E-state index contributed by atoms with van der Waals surface area (Å²) in [6, 6.07) is 4.36. The highest BCUT2D eigenvalue weighted by Crippen LogP contribution is 2.17. The number of nitrogens with one attached hydrogen (secondary N) is 1. The Balaban J connectivity index is 2.55. The molecule has 1 amide bonds. The van der Waals surface area contributed by atoms with E-state index < -0.39 is 17.7 Å². The minimum absolute atomic E-state index is 0.134. The Morgan fingerprint density at radius 2 is 2.16 bits per heavy atom. The van der Waals surface area contributed by atoms with Crippen LogP contribution in [0.15, 0.2) is 18.2 Å². The van der Waals surface area contributed by atoms with E-state index in [9.17, 15) is 14.0 Å². The van der Waals surface area contributed by atoms with Gasteiger partial charge in [0.25, 0.3) is 0 Å². The molecule has 0 aliphatic heterocycles. The number of hydrogen-bond acceptors (Lipinski definition) is 3. The second kappa shape index (κ2) is 6.72. The van der Waals surface area contributed by atoms with Crippen LogP contribution in [0.25, 0.3) is 0 Å². The standard InChI is InChI=1S/C13H16FNO4/c1-8(5-12(16)17)13(18)15-7-9-3-4-11(19-2)10(14)6-9/h3-4,6,8H,5,7H2,1-2H3,(H,15,18)(H,16,17). The molecule has 0 radical (unpaired) electrons. The van der Waals surface area contributed by atoms with Crippen LogP contribution in [0, 0.1) is 11.7 Å². The number of halogens is 1. The third-order valence-electron chi connectivity index (χ3n) is 2.61. The lowest BCUT2D eigenvalue weighted by Crippen LogP contribution is -2.30. The van der Waals surface area contributed by atoms with Gasteiger partial charge in [-0.3, -0.25) is 9.59 Å². The van der Waals surface area contributed by atoms with Crippen molar-refractivity contribution >= 4 is 11.9 Å². The summed E-state index contributed by atoms with van der Waals surface area (Å²) in [5.41, 5.74) is 0.578. The van der Waals surface area contributed by atoms with E-state index in [4.69, 9.17) is 9.84 Å². The fourth-order valence-corrected chi connectivity index (χ4v) is 1.54. The van der Waals surface area contributed by atoms with Gasteiger partial charge in [-0.05, 0) is 17.7 Å². The van der Waals surface area contributed by atoms with Gasteiger partial charge in [0.05, 0.1) is 13.5 Å². The van der Waals surface area contributed by atoms with Gasteiger partial charge in [-0.2, -0.15) is 0 Å². The fraction of sp³-hybridized carbons (Fsp3) is 0.385. The minimum atomic E-state index is -1.03. The molecule has 0 aromatic heterocycles. The van der Waals surface area contributed by atoms with Crippen LogP contribution in [0.4, 0.5) is 4.39 Å². The van der Waals surface area contributed by atoms with Crippen molar-refractivity contribution in [1.82, 2.24) is 5.32 Å². The van der Waals surface area contributed by atoms with E-state index in [1.165, 1.54) is 26.2 Å². The third-order valence-corrected chi connectivity index (χ3v) is 2.61. The second-order valence-corrected chi connectivity index (χ2v) is 4.19. The van der Waals surface area contributed by atoms with Crippen LogP contribution >= 0.6 is 0 Å². The van der Waals surface area contributed by atoms with Gasteiger partial charge in [-0.1, -0.05) is 13.0 Å². The number of carboxylic acid groups (broad SMARTS) is 1. The van der Waals surface area contributed by atoms with Crippen LogP contribution in [0.2, 0.25) is 0 Å². The summed E-state index contributed by atoms with van der Waals surface area (Å²) in [4.78, 5) is 22.0. The summed E-state index contributed by atoms with van der Waals surface area (Å²) in [6.07, 6.45) is -0.233. The molecule has 0 fully saturated rings. The van der Waals surface area contributed by atoms with E-state index in [2.05, 4.69) is 5.32 Å². The Morgan fingerprint density at radius 1 is 1.47 bits per heavy atom. The SMILES string of the molecule is COc1ccc(CNC(=O)C(C)CC(=O)O)cc1F. The lowest BCUT2D eigenvalue weighted by atomic mass is 10.1. The lowest BCUT2D eigenvalue weighted by Gasteiger charge is -2.10. The summed E-state index contributed by atoms with van der Waals surface area (Å²) in [5.74, 6) is -2.40. The highest BCUT2D eigenvalue weighted by Gasteiger charge is 2.16. The number of methoxy groups -OCH3 is 1. The monoisotopic (exact) mass is 269 g/mol. The van der Waals surface area contributed by atoms with Crippen molar-refractivity contribution in [2.45, 2.75) is 19.9 Å². The molecule has 104 valence electrons. The van der Waals surface area contributed by atoms with Crippen LogP contribution in [0.1, 0.15) is 18.9 Å². The van der Waals surface area contributed by atoms with Gasteiger partial charge in [0.15, 0.2) is 11.6 Å². The van der Waals surface area contributed by atoms with E-state index in [1.807, 2.05) is 0 Å². The topological polar surface area (TPSA) is 75.6 Å². The zero-order valence-electron chi connectivity index (χ0n) is 10.8. The Kier molecular flexibility index (Phi) is 5.29. The van der Waals surface area contributed by atoms with Gasteiger partial charge in [0.2, 0.25) is 5.91 Å². The molecule has 0 aliphatic carbocycles. The first-order valence-corrected chi connectivity index (χ1v) is 5.76. The highest BCUT2D eigenvalue weighted by atomic mass is 19.1. The molecule has 1 rings (SSSR count). The van der Waals surface area contributed by atoms with Gasteiger partial charge < -0.3 is 15.2 Å². The lowest BCUT2D eigenvalue weighted by molar-refractivity contribution is -0.140. The van der Waals surface area contributed by atoms with Crippen LogP contribution in [-0.2, 0) is 16.1 Å². The Morgan fingerprint density at radius 3 is 2.68 bits per heavy atom. The van der Waals surface area contributed by atoms with E-state index >= 15 is 0 Å². The van der Waals surface area contributed by atoms with E-state index in [0.29, 0.717) is 5.56 Å². The van der Waals surface area contributed by atoms with Crippen LogP contribution < -0.4 is 10.1 Å². The zero-order chi connectivity index (χ0) is 14.4. The van der Waals surface area contributed by atoms with Crippen molar-refractivity contribution in [1.29, 1.82) is 0 Å². The van der Waals surface area contributed by atoms with Crippen molar-refractivity contribution in [2.24, 2.45) is 5.92 Å². The van der Waals surface area contributed by atoms with Crippen molar-refractivity contribution in [3.8, 4) is 5.75 Å². The first-order chi connectivity index (χ1) is 8.93. The molecule has 0 bridgehead atoms. The number of rotatable bonds is 6. The molecule has 19 heavy (non-hydrogen) atoms. The summed E-state index contributed by atoms with van der Waals surface area (Å²) >= 11 is 0.